The molecule has 4 nitrogen and oxygen atoms in total. The molecule has 0 N–H and O–H groups in total. The van der Waals surface area contributed by atoms with Crippen LogP contribution >= 0.6 is 0 Å². The molecule has 4 heteroatoms. The van der Waals surface area contributed by atoms with Crippen molar-refractivity contribution >= 4 is 5.97 Å². The third-order valence-corrected chi connectivity index (χ3v) is 3.41. The van der Waals surface area contributed by atoms with Crippen molar-refractivity contribution in [1.29, 1.82) is 0 Å². The van der Waals surface area contributed by atoms with Crippen molar-refractivity contribution in [1.82, 2.24) is 4.98 Å². The molecule has 0 bridgehead atoms. The lowest BCUT2D eigenvalue weighted by Gasteiger charge is -2.11. The molecule has 0 spiro atoms. The summed E-state index contributed by atoms with van der Waals surface area (Å²) in [6.45, 7) is 2.51. The minimum Gasteiger partial charge on any atom is -0.477 e. The molecule has 0 amide bonds. The number of methoxy groups -OCH3 is 1. The summed E-state index contributed by atoms with van der Waals surface area (Å²) in [4.78, 5) is 15.7. The molecule has 0 saturated heterocycles. The Kier molecular flexibility index (Phi) is 4.18. The van der Waals surface area contributed by atoms with Crippen molar-refractivity contribution in [2.75, 3.05) is 13.7 Å². The van der Waals surface area contributed by atoms with E-state index in [1.54, 1.807) is 19.1 Å². The topological polar surface area (TPSA) is 48.4 Å². The van der Waals surface area contributed by atoms with Crippen LogP contribution in [0, 0.1) is 12.8 Å². The van der Waals surface area contributed by atoms with Gasteiger partial charge < -0.3 is 9.47 Å². The largest absolute Gasteiger partial charge is 0.477 e. The van der Waals surface area contributed by atoms with E-state index < -0.39 is 0 Å². The molecule has 1 saturated carbocycles. The third-order valence-electron chi connectivity index (χ3n) is 3.41. The van der Waals surface area contributed by atoms with E-state index in [0.717, 1.165) is 6.61 Å². The lowest BCUT2D eigenvalue weighted by Crippen LogP contribution is -2.10. The Labute approximate surface area is 107 Å². The number of hydrogen-bond donors (Lipinski definition) is 0. The van der Waals surface area contributed by atoms with Crippen molar-refractivity contribution in [2.45, 2.75) is 32.6 Å². The van der Waals surface area contributed by atoms with Gasteiger partial charge in [-0.05, 0) is 31.7 Å². The minimum absolute atomic E-state index is 0.359. The van der Waals surface area contributed by atoms with E-state index in [4.69, 9.17) is 4.74 Å². The molecule has 1 aliphatic carbocycles. The normalized spacial score (nSPS) is 15.7. The van der Waals surface area contributed by atoms with Gasteiger partial charge in [-0.3, -0.25) is 0 Å². The van der Waals surface area contributed by atoms with E-state index in [0.29, 0.717) is 23.1 Å². The molecule has 1 aromatic rings. The second kappa shape index (κ2) is 5.85. The fraction of sp³-hybridized carbons (Fsp3) is 0.571. The number of pyridine rings is 1. The highest BCUT2D eigenvalue weighted by atomic mass is 16.5. The van der Waals surface area contributed by atoms with Gasteiger partial charge in [-0.1, -0.05) is 12.8 Å². The molecule has 1 heterocycles. The predicted octanol–water partition coefficient (Wildman–Crippen LogP) is 2.75. The summed E-state index contributed by atoms with van der Waals surface area (Å²) in [7, 11) is 1.37. The average molecular weight is 249 g/mol. The average Bonchev–Trinajstić information content (AvgIpc) is 2.88. The van der Waals surface area contributed by atoms with Crippen LogP contribution in [-0.2, 0) is 4.74 Å². The van der Waals surface area contributed by atoms with E-state index in [9.17, 15) is 4.79 Å². The molecule has 0 radical (unpaired) electrons. The molecule has 0 atom stereocenters. The van der Waals surface area contributed by atoms with E-state index in [1.165, 1.54) is 32.8 Å². The zero-order valence-corrected chi connectivity index (χ0v) is 10.9. The van der Waals surface area contributed by atoms with Gasteiger partial charge in [0.05, 0.1) is 25.0 Å². The summed E-state index contributed by atoms with van der Waals surface area (Å²) in [5, 5.41) is 0. The molecule has 2 rings (SSSR count). The number of aromatic nitrogens is 1. The van der Waals surface area contributed by atoms with Crippen LogP contribution in [0.25, 0.3) is 0 Å². The van der Waals surface area contributed by atoms with Gasteiger partial charge in [0.1, 0.15) is 0 Å². The Bertz CT molecular complexity index is 425. The molecule has 1 fully saturated rings. The van der Waals surface area contributed by atoms with E-state index in [2.05, 4.69) is 9.72 Å². The number of carbonyl (C=O) groups is 1. The monoisotopic (exact) mass is 249 g/mol. The van der Waals surface area contributed by atoms with Crippen LogP contribution in [0.3, 0.4) is 0 Å². The van der Waals surface area contributed by atoms with Crippen LogP contribution in [0.15, 0.2) is 12.1 Å². The number of esters is 1. The second-order valence-corrected chi connectivity index (χ2v) is 4.74. The molecule has 98 valence electrons. The second-order valence-electron chi connectivity index (χ2n) is 4.74. The fourth-order valence-corrected chi connectivity index (χ4v) is 2.32. The quantitative estimate of drug-likeness (QED) is 0.770. The Morgan fingerprint density at radius 3 is 2.72 bits per heavy atom. The van der Waals surface area contributed by atoms with Gasteiger partial charge in [0, 0.05) is 6.07 Å². The van der Waals surface area contributed by atoms with E-state index in [-0.39, 0.29) is 5.97 Å². The highest BCUT2D eigenvalue weighted by Crippen LogP contribution is 2.25. The Morgan fingerprint density at radius 2 is 2.11 bits per heavy atom. The number of carbonyl (C=O) groups excluding carboxylic acids is 1. The fourth-order valence-electron chi connectivity index (χ4n) is 2.32. The van der Waals surface area contributed by atoms with Gasteiger partial charge >= 0.3 is 5.97 Å². The molecule has 18 heavy (non-hydrogen) atoms. The highest BCUT2D eigenvalue weighted by molar-refractivity contribution is 5.90. The number of hydrogen-bond acceptors (Lipinski definition) is 4. The molecular formula is C14H19NO3. The maximum atomic E-state index is 11.4. The Balaban J connectivity index is 1.97. The van der Waals surface area contributed by atoms with Crippen LogP contribution in [0.4, 0.5) is 0 Å². The van der Waals surface area contributed by atoms with Crippen LogP contribution in [0.5, 0.6) is 5.88 Å². The first-order valence-corrected chi connectivity index (χ1v) is 6.39. The molecule has 0 unspecified atom stereocenters. The number of ether oxygens (including phenoxy) is 2. The van der Waals surface area contributed by atoms with Crippen LogP contribution in [0.1, 0.15) is 41.7 Å². The van der Waals surface area contributed by atoms with Crippen molar-refractivity contribution in [3.8, 4) is 5.88 Å². The van der Waals surface area contributed by atoms with Crippen molar-refractivity contribution in [2.24, 2.45) is 5.92 Å². The first kappa shape index (κ1) is 12.9. The summed E-state index contributed by atoms with van der Waals surface area (Å²) in [5.41, 5.74) is 1.14. The number of nitrogens with zero attached hydrogens (tertiary/aromatic N) is 1. The smallest absolute Gasteiger partial charge is 0.339 e. The van der Waals surface area contributed by atoms with Crippen molar-refractivity contribution in [3.63, 3.8) is 0 Å². The van der Waals surface area contributed by atoms with Crippen molar-refractivity contribution < 1.29 is 14.3 Å². The first-order chi connectivity index (χ1) is 8.70. The van der Waals surface area contributed by atoms with Gasteiger partial charge in [-0.15, -0.1) is 0 Å². The standard InChI is InChI=1S/C14H19NO3/c1-10-12(14(16)17-2)7-8-13(15-10)18-9-11-5-3-4-6-11/h7-8,11H,3-6,9H2,1-2H3. The lowest BCUT2D eigenvalue weighted by molar-refractivity contribution is 0.0599. The summed E-state index contributed by atoms with van der Waals surface area (Å²) in [6.07, 6.45) is 5.11. The van der Waals surface area contributed by atoms with Crippen LogP contribution in [0.2, 0.25) is 0 Å². The summed E-state index contributed by atoms with van der Waals surface area (Å²) < 4.78 is 10.4. The van der Waals surface area contributed by atoms with Gasteiger partial charge in [0.25, 0.3) is 0 Å². The van der Waals surface area contributed by atoms with Gasteiger partial charge in [-0.2, -0.15) is 0 Å². The van der Waals surface area contributed by atoms with Gasteiger partial charge in [0.2, 0.25) is 5.88 Å². The third kappa shape index (κ3) is 3.00. The zero-order valence-electron chi connectivity index (χ0n) is 10.9. The molecule has 0 aromatic carbocycles. The van der Waals surface area contributed by atoms with Crippen LogP contribution in [-0.4, -0.2) is 24.7 Å². The zero-order chi connectivity index (χ0) is 13.0. The Morgan fingerprint density at radius 1 is 1.39 bits per heavy atom. The highest BCUT2D eigenvalue weighted by Gasteiger charge is 2.16. The molecule has 0 aliphatic heterocycles. The summed E-state index contributed by atoms with van der Waals surface area (Å²) >= 11 is 0. The SMILES string of the molecule is COC(=O)c1ccc(OCC2CCCC2)nc1C. The van der Waals surface area contributed by atoms with Crippen molar-refractivity contribution in [3.05, 3.63) is 23.4 Å². The summed E-state index contributed by atoms with van der Waals surface area (Å²) in [5.74, 6) is 0.891. The predicted molar refractivity (Wildman–Crippen MR) is 67.8 cm³/mol. The molecule has 1 aromatic heterocycles. The molecule has 1 aliphatic rings. The first-order valence-electron chi connectivity index (χ1n) is 6.39. The van der Waals surface area contributed by atoms with E-state index >= 15 is 0 Å². The number of rotatable bonds is 4. The number of aryl methyl sites for hydroxylation is 1. The maximum Gasteiger partial charge on any atom is 0.339 e. The maximum absolute atomic E-state index is 11.4. The summed E-state index contributed by atoms with van der Waals surface area (Å²) in [6, 6.07) is 3.44. The minimum atomic E-state index is -0.359. The molecular weight excluding hydrogens is 230 g/mol. The van der Waals surface area contributed by atoms with E-state index in [1.807, 2.05) is 0 Å². The van der Waals surface area contributed by atoms with Gasteiger partial charge in [0.15, 0.2) is 0 Å². The van der Waals surface area contributed by atoms with Gasteiger partial charge in [-0.25, -0.2) is 9.78 Å². The lowest BCUT2D eigenvalue weighted by atomic mass is 10.1. The van der Waals surface area contributed by atoms with Crippen LogP contribution < -0.4 is 4.74 Å². The Hall–Kier alpha value is -1.58.